The van der Waals surface area contributed by atoms with Gasteiger partial charge >= 0.3 is 0 Å². The molecule has 0 aliphatic rings. The molecule has 2 rings (SSSR count). The van der Waals surface area contributed by atoms with Gasteiger partial charge in [-0.15, -0.1) is 10.5 Å². The van der Waals surface area contributed by atoms with E-state index in [4.69, 9.17) is 20.0 Å². The van der Waals surface area contributed by atoms with Crippen LogP contribution in [0.25, 0.3) is 0 Å². The molecule has 0 aliphatic carbocycles. The molecule has 2 aromatic rings. The van der Waals surface area contributed by atoms with Crippen molar-refractivity contribution < 1.29 is 9.47 Å². The van der Waals surface area contributed by atoms with Crippen LogP contribution in [-0.4, -0.2) is 0 Å². The maximum Gasteiger partial charge on any atom is 0.292 e. The van der Waals surface area contributed by atoms with Gasteiger partial charge in [0.05, 0.1) is 0 Å². The van der Waals surface area contributed by atoms with Crippen LogP contribution in [0.2, 0.25) is 0 Å². The van der Waals surface area contributed by atoms with Gasteiger partial charge in [0.2, 0.25) is 0 Å². The summed E-state index contributed by atoms with van der Waals surface area (Å²) in [6.07, 6.45) is 7.24. The number of aryl methyl sites for hydroxylation is 2. The van der Waals surface area contributed by atoms with Crippen molar-refractivity contribution in [3.05, 3.63) is 58.7 Å². The maximum atomic E-state index is 8.81. The van der Waals surface area contributed by atoms with Crippen LogP contribution in [0.3, 0.4) is 0 Å². The molecule has 0 heterocycles. The number of rotatable bonds is 8. The topological polar surface area (TPSA) is 66.0 Å². The van der Waals surface area contributed by atoms with Crippen molar-refractivity contribution in [2.45, 2.75) is 52.4 Å². The Morgan fingerprint density at radius 2 is 1.23 bits per heavy atom. The number of nitriles is 2. The van der Waals surface area contributed by atoms with Crippen molar-refractivity contribution in [1.29, 1.82) is 10.5 Å². The lowest BCUT2D eigenvalue weighted by molar-refractivity contribution is 0.498. The molecule has 26 heavy (non-hydrogen) atoms. The van der Waals surface area contributed by atoms with E-state index < -0.39 is 0 Å². The Bertz CT molecular complexity index is 762. The van der Waals surface area contributed by atoms with E-state index in [1.165, 1.54) is 11.1 Å². The van der Waals surface area contributed by atoms with Gasteiger partial charge in [-0.25, -0.2) is 0 Å². The summed E-state index contributed by atoms with van der Waals surface area (Å²) in [5.74, 6) is 1.46. The fraction of sp³-hybridized carbons (Fsp3) is 0.364. The van der Waals surface area contributed by atoms with E-state index in [1.807, 2.05) is 24.3 Å². The summed E-state index contributed by atoms with van der Waals surface area (Å²) in [4.78, 5) is 0. The first-order valence-corrected chi connectivity index (χ1v) is 9.02. The number of ether oxygens (including phenoxy) is 2. The summed E-state index contributed by atoms with van der Waals surface area (Å²) in [5.41, 5.74) is 4.46. The molecule has 0 unspecified atom stereocenters. The van der Waals surface area contributed by atoms with Crippen molar-refractivity contribution in [2.75, 3.05) is 0 Å². The van der Waals surface area contributed by atoms with Gasteiger partial charge in [-0.1, -0.05) is 57.9 Å². The van der Waals surface area contributed by atoms with Crippen molar-refractivity contribution in [3.63, 3.8) is 0 Å². The van der Waals surface area contributed by atoms with Gasteiger partial charge in [-0.05, 0) is 47.2 Å². The minimum atomic E-state index is 0.188. The van der Waals surface area contributed by atoms with Crippen LogP contribution in [0.4, 0.5) is 0 Å². The average molecular weight is 348 g/mol. The fourth-order valence-corrected chi connectivity index (χ4v) is 3.16. The van der Waals surface area contributed by atoms with Crippen LogP contribution >= 0.6 is 0 Å². The summed E-state index contributed by atoms with van der Waals surface area (Å²) in [5, 5.41) is 17.6. The zero-order valence-electron chi connectivity index (χ0n) is 15.6. The van der Waals surface area contributed by atoms with Gasteiger partial charge in [0.15, 0.2) is 0 Å². The third-order valence-corrected chi connectivity index (χ3v) is 4.52. The Balaban J connectivity index is 2.37. The molecule has 0 aliphatic heterocycles. The molecular weight excluding hydrogens is 324 g/mol. The minimum absolute atomic E-state index is 0.188. The molecule has 0 amide bonds. The predicted molar refractivity (Wildman–Crippen MR) is 101 cm³/mol. The summed E-state index contributed by atoms with van der Waals surface area (Å²) >= 11 is 0. The van der Waals surface area contributed by atoms with Crippen LogP contribution in [0.15, 0.2) is 36.4 Å². The molecule has 0 atom stereocenters. The molecule has 0 radical (unpaired) electrons. The smallest absolute Gasteiger partial charge is 0.292 e. The molecule has 0 bridgehead atoms. The van der Waals surface area contributed by atoms with E-state index >= 15 is 0 Å². The Labute approximate surface area is 155 Å². The molecule has 4 nitrogen and oxygen atoms in total. The number of hydrogen-bond acceptors (Lipinski definition) is 4. The lowest BCUT2D eigenvalue weighted by atomic mass is 9.89. The van der Waals surface area contributed by atoms with E-state index in [1.54, 1.807) is 12.5 Å². The summed E-state index contributed by atoms with van der Waals surface area (Å²) in [6, 6.07) is 12.0. The highest BCUT2D eigenvalue weighted by molar-refractivity contribution is 5.45. The third kappa shape index (κ3) is 4.55. The molecule has 0 saturated heterocycles. The summed E-state index contributed by atoms with van der Waals surface area (Å²) in [6.45, 7) is 6.38. The Hall–Kier alpha value is -2.98. The highest BCUT2D eigenvalue weighted by atomic mass is 16.5. The van der Waals surface area contributed by atoms with E-state index in [0.717, 1.165) is 36.8 Å². The van der Waals surface area contributed by atoms with Crippen LogP contribution in [0.1, 0.15) is 61.8 Å². The molecule has 2 aromatic carbocycles. The molecule has 4 heteroatoms. The van der Waals surface area contributed by atoms with Crippen LogP contribution < -0.4 is 9.47 Å². The largest absolute Gasteiger partial charge is 0.388 e. The van der Waals surface area contributed by atoms with Gasteiger partial charge in [-0.2, -0.15) is 0 Å². The predicted octanol–water partition coefficient (Wildman–Crippen LogP) is 5.46. The first-order chi connectivity index (χ1) is 12.6. The van der Waals surface area contributed by atoms with Crippen molar-refractivity contribution in [2.24, 2.45) is 0 Å². The lowest BCUT2D eigenvalue weighted by Gasteiger charge is -2.17. The number of hydrogen-bond donors (Lipinski definition) is 0. The highest BCUT2D eigenvalue weighted by Gasteiger charge is 2.14. The second-order valence-corrected chi connectivity index (χ2v) is 6.34. The Morgan fingerprint density at radius 3 is 1.58 bits per heavy atom. The van der Waals surface area contributed by atoms with Crippen molar-refractivity contribution in [1.82, 2.24) is 0 Å². The molecular formula is C22H24N2O2. The van der Waals surface area contributed by atoms with Crippen LogP contribution in [0.5, 0.6) is 11.5 Å². The van der Waals surface area contributed by atoms with Gasteiger partial charge in [-0.3, -0.25) is 0 Å². The third-order valence-electron chi connectivity index (χ3n) is 4.52. The van der Waals surface area contributed by atoms with Gasteiger partial charge in [0, 0.05) is 5.92 Å². The molecule has 134 valence electrons. The molecule has 0 fully saturated rings. The zero-order chi connectivity index (χ0) is 18.9. The van der Waals surface area contributed by atoms with Crippen LogP contribution in [-0.2, 0) is 12.8 Å². The van der Waals surface area contributed by atoms with E-state index in [9.17, 15) is 0 Å². The minimum Gasteiger partial charge on any atom is -0.388 e. The highest BCUT2D eigenvalue weighted by Crippen LogP contribution is 2.32. The molecule has 0 aromatic heterocycles. The van der Waals surface area contributed by atoms with Crippen LogP contribution in [0, 0.1) is 23.0 Å². The monoisotopic (exact) mass is 348 g/mol. The van der Waals surface area contributed by atoms with Gasteiger partial charge in [0.25, 0.3) is 12.5 Å². The quantitative estimate of drug-likeness (QED) is 0.594. The maximum absolute atomic E-state index is 8.81. The van der Waals surface area contributed by atoms with E-state index in [2.05, 4.69) is 32.9 Å². The second kappa shape index (κ2) is 9.49. The second-order valence-electron chi connectivity index (χ2n) is 6.34. The molecule has 0 N–H and O–H groups in total. The summed E-state index contributed by atoms with van der Waals surface area (Å²) in [7, 11) is 0. The fourth-order valence-electron chi connectivity index (χ4n) is 3.16. The Morgan fingerprint density at radius 1 is 0.808 bits per heavy atom. The standard InChI is InChI=1S/C22H24N2O2/c1-4-6-19-12-17(8-10-21(19)25-14-23)16(3)18-9-11-22(26-15-24)20(13-18)7-5-2/h8-13,16H,4-7H2,1-3H3. The summed E-state index contributed by atoms with van der Waals surface area (Å²) < 4.78 is 10.2. The first kappa shape index (κ1) is 19.3. The SMILES string of the molecule is CCCc1cc(C(C)c2ccc(OC#N)c(CCC)c2)ccc1OC#N. The first-order valence-electron chi connectivity index (χ1n) is 9.02. The lowest BCUT2D eigenvalue weighted by Crippen LogP contribution is -2.01. The van der Waals surface area contributed by atoms with Crippen molar-refractivity contribution >= 4 is 0 Å². The van der Waals surface area contributed by atoms with Crippen molar-refractivity contribution in [3.8, 4) is 24.0 Å². The normalized spacial score (nSPS) is 10.2. The zero-order valence-corrected chi connectivity index (χ0v) is 15.6. The average Bonchev–Trinajstić information content (AvgIpc) is 2.65. The number of nitrogens with zero attached hydrogens (tertiary/aromatic N) is 2. The Kier molecular flexibility index (Phi) is 7.06. The van der Waals surface area contributed by atoms with Gasteiger partial charge in [0.1, 0.15) is 11.5 Å². The van der Waals surface area contributed by atoms with E-state index in [-0.39, 0.29) is 5.92 Å². The van der Waals surface area contributed by atoms with E-state index in [0.29, 0.717) is 11.5 Å². The number of benzene rings is 2. The molecule has 0 saturated carbocycles. The molecule has 0 spiro atoms. The van der Waals surface area contributed by atoms with Gasteiger partial charge < -0.3 is 9.47 Å².